The molecular weight excluding hydrogens is 260 g/mol. The monoisotopic (exact) mass is 278 g/mol. The molecule has 0 spiro atoms. The molecule has 0 aliphatic carbocycles. The minimum atomic E-state index is -0.157. The molecule has 0 radical (unpaired) electrons. The van der Waals surface area contributed by atoms with Gasteiger partial charge in [0.25, 0.3) is 0 Å². The first-order valence-corrected chi connectivity index (χ1v) is 7.03. The Labute approximate surface area is 124 Å². The molecule has 0 amide bonds. The zero-order valence-electron chi connectivity index (χ0n) is 12.0. The maximum absolute atomic E-state index is 6.22. The zero-order chi connectivity index (χ0) is 14.7. The summed E-state index contributed by atoms with van der Waals surface area (Å²) < 4.78 is 5.71. The Bertz CT molecular complexity index is 741. The van der Waals surface area contributed by atoms with Crippen molar-refractivity contribution in [2.75, 3.05) is 6.61 Å². The lowest BCUT2D eigenvalue weighted by Gasteiger charge is -2.14. The molecule has 3 nitrogen and oxygen atoms in total. The van der Waals surface area contributed by atoms with Crippen LogP contribution in [0.25, 0.3) is 10.9 Å². The van der Waals surface area contributed by atoms with Crippen molar-refractivity contribution in [3.05, 3.63) is 71.9 Å². The summed E-state index contributed by atoms with van der Waals surface area (Å²) in [6.45, 7) is 2.45. The van der Waals surface area contributed by atoms with Gasteiger partial charge in [0.1, 0.15) is 12.4 Å². The van der Waals surface area contributed by atoms with Crippen LogP contribution in [0.5, 0.6) is 5.75 Å². The number of hydrogen-bond acceptors (Lipinski definition) is 3. The summed E-state index contributed by atoms with van der Waals surface area (Å²) in [6, 6.07) is 19.8. The molecular formula is C18H18N2O. The molecule has 1 heterocycles. The van der Waals surface area contributed by atoms with Crippen molar-refractivity contribution < 1.29 is 4.74 Å². The number of aromatic nitrogens is 1. The van der Waals surface area contributed by atoms with Crippen LogP contribution in [-0.4, -0.2) is 11.6 Å². The van der Waals surface area contributed by atoms with Crippen molar-refractivity contribution in [3.63, 3.8) is 0 Å². The molecule has 21 heavy (non-hydrogen) atoms. The third kappa shape index (κ3) is 3.20. The highest BCUT2D eigenvalue weighted by Gasteiger charge is 2.08. The molecule has 3 heteroatoms. The number of nitrogens with zero attached hydrogens (tertiary/aromatic N) is 1. The van der Waals surface area contributed by atoms with Gasteiger partial charge in [-0.05, 0) is 42.8 Å². The summed E-state index contributed by atoms with van der Waals surface area (Å²) in [5.74, 6) is 0.839. The van der Waals surface area contributed by atoms with Crippen LogP contribution in [0.1, 0.15) is 17.3 Å². The van der Waals surface area contributed by atoms with Gasteiger partial charge in [-0.25, -0.2) is 0 Å². The van der Waals surface area contributed by atoms with Crippen molar-refractivity contribution in [2.45, 2.75) is 13.0 Å². The van der Waals surface area contributed by atoms with E-state index >= 15 is 0 Å². The number of pyridine rings is 1. The maximum atomic E-state index is 6.22. The third-order valence-corrected chi connectivity index (χ3v) is 3.45. The molecule has 1 unspecified atom stereocenters. The minimum Gasteiger partial charge on any atom is -0.492 e. The van der Waals surface area contributed by atoms with Crippen LogP contribution in [0.3, 0.4) is 0 Å². The van der Waals surface area contributed by atoms with Gasteiger partial charge in [-0.3, -0.25) is 4.98 Å². The Morgan fingerprint density at radius 2 is 1.86 bits per heavy atom. The molecule has 0 fully saturated rings. The van der Waals surface area contributed by atoms with E-state index in [0.29, 0.717) is 6.61 Å². The first-order chi connectivity index (χ1) is 10.2. The van der Waals surface area contributed by atoms with Crippen molar-refractivity contribution in [2.24, 2.45) is 5.73 Å². The Balaban J connectivity index is 1.75. The third-order valence-electron chi connectivity index (χ3n) is 3.45. The second-order valence-electron chi connectivity index (χ2n) is 5.14. The van der Waals surface area contributed by atoms with Gasteiger partial charge in [0.15, 0.2) is 0 Å². The van der Waals surface area contributed by atoms with E-state index in [0.717, 1.165) is 27.9 Å². The second-order valence-corrected chi connectivity index (χ2v) is 5.14. The van der Waals surface area contributed by atoms with E-state index in [4.69, 9.17) is 10.5 Å². The van der Waals surface area contributed by atoms with Crippen LogP contribution in [0, 0.1) is 6.92 Å². The van der Waals surface area contributed by atoms with E-state index in [9.17, 15) is 0 Å². The molecule has 0 saturated carbocycles. The molecule has 0 aliphatic rings. The fourth-order valence-electron chi connectivity index (χ4n) is 2.28. The van der Waals surface area contributed by atoms with E-state index in [1.807, 2.05) is 55.5 Å². The van der Waals surface area contributed by atoms with Gasteiger partial charge in [0.2, 0.25) is 0 Å². The zero-order valence-corrected chi connectivity index (χ0v) is 12.0. The molecule has 1 aromatic heterocycles. The number of nitrogens with two attached hydrogens (primary N) is 1. The van der Waals surface area contributed by atoms with Gasteiger partial charge in [-0.2, -0.15) is 0 Å². The van der Waals surface area contributed by atoms with E-state index in [-0.39, 0.29) is 6.04 Å². The van der Waals surface area contributed by atoms with Crippen LogP contribution < -0.4 is 10.5 Å². The fraction of sp³-hybridized carbons (Fsp3) is 0.167. The van der Waals surface area contributed by atoms with Crippen LogP contribution in [0.15, 0.2) is 60.7 Å². The molecule has 0 aliphatic heterocycles. The summed E-state index contributed by atoms with van der Waals surface area (Å²) in [6.07, 6.45) is 0. The summed E-state index contributed by atoms with van der Waals surface area (Å²) in [4.78, 5) is 4.50. The van der Waals surface area contributed by atoms with Crippen molar-refractivity contribution >= 4 is 10.9 Å². The predicted octanol–water partition coefficient (Wildman–Crippen LogP) is 3.62. The minimum absolute atomic E-state index is 0.157. The number of fused-ring (bicyclic) bond motifs is 1. The van der Waals surface area contributed by atoms with E-state index in [1.54, 1.807) is 0 Å². The lowest BCUT2D eigenvalue weighted by atomic mass is 10.1. The van der Waals surface area contributed by atoms with Gasteiger partial charge in [-0.15, -0.1) is 0 Å². The number of para-hydroxylation sites is 1. The van der Waals surface area contributed by atoms with Crippen LogP contribution >= 0.6 is 0 Å². The smallest absolute Gasteiger partial charge is 0.119 e. The molecule has 0 saturated heterocycles. The Morgan fingerprint density at radius 3 is 2.67 bits per heavy atom. The van der Waals surface area contributed by atoms with E-state index in [2.05, 4.69) is 17.1 Å². The summed E-state index contributed by atoms with van der Waals surface area (Å²) >= 11 is 0. The van der Waals surface area contributed by atoms with Crippen LogP contribution in [-0.2, 0) is 0 Å². The summed E-state index contributed by atoms with van der Waals surface area (Å²) in [5.41, 5.74) is 9.29. The lowest BCUT2D eigenvalue weighted by molar-refractivity contribution is 0.291. The Kier molecular flexibility index (Phi) is 3.84. The van der Waals surface area contributed by atoms with Crippen molar-refractivity contribution in [1.29, 1.82) is 0 Å². The second kappa shape index (κ2) is 5.94. The molecule has 0 bridgehead atoms. The molecule has 2 aromatic carbocycles. The van der Waals surface area contributed by atoms with E-state index in [1.165, 1.54) is 0 Å². The van der Waals surface area contributed by atoms with Gasteiger partial charge < -0.3 is 10.5 Å². The molecule has 106 valence electrons. The normalized spacial score (nSPS) is 12.3. The average molecular weight is 278 g/mol. The van der Waals surface area contributed by atoms with Gasteiger partial charge in [-0.1, -0.05) is 30.3 Å². The maximum Gasteiger partial charge on any atom is 0.119 e. The Hall–Kier alpha value is -2.39. The Morgan fingerprint density at radius 1 is 1.05 bits per heavy atom. The molecule has 2 N–H and O–H groups in total. The first-order valence-electron chi connectivity index (χ1n) is 7.03. The number of benzene rings is 2. The van der Waals surface area contributed by atoms with Crippen molar-refractivity contribution in [3.8, 4) is 5.75 Å². The standard InChI is InChI=1S/C18H18N2O/c1-13-7-8-15-11-14(9-10-18(15)20-13)17(19)12-21-16-5-3-2-4-6-16/h2-11,17H,12,19H2,1H3. The highest BCUT2D eigenvalue weighted by atomic mass is 16.5. The fourth-order valence-corrected chi connectivity index (χ4v) is 2.28. The number of aryl methyl sites for hydroxylation is 1. The summed E-state index contributed by atoms with van der Waals surface area (Å²) in [5, 5.41) is 1.10. The topological polar surface area (TPSA) is 48.1 Å². The molecule has 1 atom stereocenters. The lowest BCUT2D eigenvalue weighted by Crippen LogP contribution is -2.18. The predicted molar refractivity (Wildman–Crippen MR) is 85.3 cm³/mol. The van der Waals surface area contributed by atoms with Crippen molar-refractivity contribution in [1.82, 2.24) is 4.98 Å². The average Bonchev–Trinajstić information content (AvgIpc) is 2.53. The SMILES string of the molecule is Cc1ccc2cc(C(N)COc3ccccc3)ccc2n1. The van der Waals surface area contributed by atoms with Gasteiger partial charge in [0.05, 0.1) is 11.6 Å². The number of ether oxygens (including phenoxy) is 1. The number of rotatable bonds is 4. The first kappa shape index (κ1) is 13.6. The van der Waals surface area contributed by atoms with E-state index < -0.39 is 0 Å². The largest absolute Gasteiger partial charge is 0.492 e. The quantitative estimate of drug-likeness (QED) is 0.793. The number of hydrogen-bond donors (Lipinski definition) is 1. The van der Waals surface area contributed by atoms with Crippen LogP contribution in [0.4, 0.5) is 0 Å². The van der Waals surface area contributed by atoms with Gasteiger partial charge >= 0.3 is 0 Å². The highest BCUT2D eigenvalue weighted by Crippen LogP contribution is 2.19. The summed E-state index contributed by atoms with van der Waals surface area (Å²) in [7, 11) is 0. The molecule has 3 aromatic rings. The highest BCUT2D eigenvalue weighted by molar-refractivity contribution is 5.79. The van der Waals surface area contributed by atoms with Crippen LogP contribution in [0.2, 0.25) is 0 Å². The molecule has 3 rings (SSSR count). The van der Waals surface area contributed by atoms with Gasteiger partial charge in [0, 0.05) is 11.1 Å².